The SMILES string of the molecule is COc1cccc(C(=O)N[C@@H](CCSC)C(=O)N2CCC3(CC2)NCCc2[nH]cnc23)c1. The van der Waals surface area contributed by atoms with E-state index < -0.39 is 6.04 Å². The number of carbonyl (C=O) groups excluding carboxylic acids is 2. The minimum Gasteiger partial charge on any atom is -0.497 e. The van der Waals surface area contributed by atoms with Crippen LogP contribution in [0.15, 0.2) is 30.6 Å². The van der Waals surface area contributed by atoms with Crippen LogP contribution >= 0.6 is 11.8 Å². The topological polar surface area (TPSA) is 99.4 Å². The van der Waals surface area contributed by atoms with Gasteiger partial charge in [-0.3, -0.25) is 9.59 Å². The van der Waals surface area contributed by atoms with Crippen LogP contribution in [-0.4, -0.2) is 71.5 Å². The lowest BCUT2D eigenvalue weighted by Gasteiger charge is -2.44. The van der Waals surface area contributed by atoms with Gasteiger partial charge in [0.1, 0.15) is 11.8 Å². The van der Waals surface area contributed by atoms with E-state index in [9.17, 15) is 9.59 Å². The van der Waals surface area contributed by atoms with Crippen molar-refractivity contribution in [2.45, 2.75) is 37.3 Å². The Labute approximate surface area is 192 Å². The maximum absolute atomic E-state index is 13.4. The third-order valence-electron chi connectivity index (χ3n) is 6.48. The maximum Gasteiger partial charge on any atom is 0.252 e. The molecule has 1 spiro atoms. The molecule has 0 aliphatic carbocycles. The molecule has 3 N–H and O–H groups in total. The molecule has 1 atom stereocenters. The zero-order valence-corrected chi connectivity index (χ0v) is 19.5. The highest BCUT2D eigenvalue weighted by Crippen LogP contribution is 2.36. The molecule has 1 fully saturated rings. The number of benzene rings is 1. The van der Waals surface area contributed by atoms with Crippen molar-refractivity contribution in [1.29, 1.82) is 0 Å². The summed E-state index contributed by atoms with van der Waals surface area (Å²) in [4.78, 5) is 36.0. The predicted octanol–water partition coefficient (Wildman–Crippen LogP) is 1.93. The van der Waals surface area contributed by atoms with E-state index in [1.807, 2.05) is 11.2 Å². The van der Waals surface area contributed by atoms with E-state index in [-0.39, 0.29) is 17.4 Å². The standard InChI is InChI=1S/C23H31N5O3S/c1-31-17-5-3-4-16(14-17)21(29)27-19(7-13-32-2)22(30)28-11-8-23(9-12-28)20-18(6-10-26-23)24-15-25-20/h3-5,14-15,19,26H,6-13H2,1-2H3,(H,24,25)(H,27,29)/t19-/m0/s1. The molecule has 32 heavy (non-hydrogen) atoms. The molecule has 8 nitrogen and oxygen atoms in total. The number of thioether (sulfide) groups is 1. The number of fused-ring (bicyclic) bond motifs is 2. The van der Waals surface area contributed by atoms with Crippen molar-refractivity contribution < 1.29 is 14.3 Å². The molecular formula is C23H31N5O3S. The summed E-state index contributed by atoms with van der Waals surface area (Å²) in [5.41, 5.74) is 2.62. The Balaban J connectivity index is 1.43. The van der Waals surface area contributed by atoms with Gasteiger partial charge in [-0.2, -0.15) is 11.8 Å². The van der Waals surface area contributed by atoms with Gasteiger partial charge in [-0.15, -0.1) is 0 Å². The lowest BCUT2D eigenvalue weighted by Crippen LogP contribution is -2.57. The van der Waals surface area contributed by atoms with E-state index in [0.717, 1.165) is 37.3 Å². The maximum atomic E-state index is 13.4. The Bertz CT molecular complexity index is 955. The fourth-order valence-corrected chi connectivity index (χ4v) is 5.15. The molecule has 0 saturated carbocycles. The van der Waals surface area contributed by atoms with Gasteiger partial charge in [-0.1, -0.05) is 6.07 Å². The highest BCUT2D eigenvalue weighted by Gasteiger charge is 2.42. The minimum atomic E-state index is -0.546. The van der Waals surface area contributed by atoms with Gasteiger partial charge in [0.2, 0.25) is 5.91 Å². The number of hydrogen-bond donors (Lipinski definition) is 3. The summed E-state index contributed by atoms with van der Waals surface area (Å²) in [6, 6.07) is 6.44. The van der Waals surface area contributed by atoms with Gasteiger partial charge in [-0.25, -0.2) is 4.98 Å². The second-order valence-electron chi connectivity index (χ2n) is 8.35. The normalized spacial score (nSPS) is 18.1. The van der Waals surface area contributed by atoms with Crippen LogP contribution < -0.4 is 15.4 Å². The fraction of sp³-hybridized carbons (Fsp3) is 0.522. The third kappa shape index (κ3) is 4.63. The van der Waals surface area contributed by atoms with Crippen LogP contribution in [-0.2, 0) is 16.8 Å². The number of nitrogens with one attached hydrogen (secondary N) is 3. The first-order chi connectivity index (χ1) is 15.6. The van der Waals surface area contributed by atoms with E-state index >= 15 is 0 Å². The molecule has 2 aliphatic heterocycles. The second kappa shape index (κ2) is 9.95. The van der Waals surface area contributed by atoms with Gasteiger partial charge < -0.3 is 25.3 Å². The summed E-state index contributed by atoms with van der Waals surface area (Å²) in [5, 5.41) is 6.63. The zero-order chi connectivity index (χ0) is 22.6. The van der Waals surface area contributed by atoms with Crippen LogP contribution in [0.1, 0.15) is 41.0 Å². The summed E-state index contributed by atoms with van der Waals surface area (Å²) in [7, 11) is 1.57. The molecule has 0 bridgehead atoms. The lowest BCUT2D eigenvalue weighted by atomic mass is 9.80. The van der Waals surface area contributed by atoms with Crippen LogP contribution in [0.25, 0.3) is 0 Å². The van der Waals surface area contributed by atoms with Crippen molar-refractivity contribution >= 4 is 23.6 Å². The first kappa shape index (κ1) is 22.7. The Morgan fingerprint density at radius 1 is 1.34 bits per heavy atom. The summed E-state index contributed by atoms with van der Waals surface area (Å²) in [5.74, 6) is 1.14. The quantitative estimate of drug-likeness (QED) is 0.588. The van der Waals surface area contributed by atoms with Crippen molar-refractivity contribution in [3.8, 4) is 5.75 Å². The number of nitrogens with zero attached hydrogens (tertiary/aromatic N) is 2. The second-order valence-corrected chi connectivity index (χ2v) is 9.34. The number of H-pyrrole nitrogens is 1. The van der Waals surface area contributed by atoms with Crippen molar-refractivity contribution in [3.05, 3.63) is 47.5 Å². The Hall–Kier alpha value is -2.52. The summed E-state index contributed by atoms with van der Waals surface area (Å²) < 4.78 is 5.22. The zero-order valence-electron chi connectivity index (χ0n) is 18.6. The average Bonchev–Trinajstić information content (AvgIpc) is 3.32. The number of aromatic nitrogens is 2. The number of likely N-dealkylation sites (tertiary alicyclic amines) is 1. The van der Waals surface area contributed by atoms with E-state index in [1.54, 1.807) is 49.5 Å². The number of ether oxygens (including phenoxy) is 1. The molecule has 1 aromatic heterocycles. The molecule has 2 aromatic rings. The number of rotatable bonds is 7. The number of aromatic amines is 1. The van der Waals surface area contributed by atoms with Crippen molar-refractivity contribution in [2.24, 2.45) is 0 Å². The fourth-order valence-electron chi connectivity index (χ4n) is 4.68. The van der Waals surface area contributed by atoms with E-state index in [4.69, 9.17) is 4.74 Å². The van der Waals surface area contributed by atoms with Crippen LogP contribution in [0.5, 0.6) is 5.75 Å². The molecule has 9 heteroatoms. The molecular weight excluding hydrogens is 426 g/mol. The van der Waals surface area contributed by atoms with Crippen LogP contribution in [0.2, 0.25) is 0 Å². The molecule has 0 unspecified atom stereocenters. The summed E-state index contributed by atoms with van der Waals surface area (Å²) in [6.45, 7) is 2.20. The van der Waals surface area contributed by atoms with Crippen LogP contribution in [0.4, 0.5) is 0 Å². The van der Waals surface area contributed by atoms with Crippen molar-refractivity contribution in [3.63, 3.8) is 0 Å². The average molecular weight is 458 g/mol. The predicted molar refractivity (Wildman–Crippen MR) is 125 cm³/mol. The smallest absolute Gasteiger partial charge is 0.252 e. The van der Waals surface area contributed by atoms with Gasteiger partial charge >= 0.3 is 0 Å². The monoisotopic (exact) mass is 457 g/mol. The highest BCUT2D eigenvalue weighted by atomic mass is 32.2. The van der Waals surface area contributed by atoms with E-state index in [1.165, 1.54) is 5.69 Å². The number of imidazole rings is 1. The Kier molecular flexibility index (Phi) is 7.05. The van der Waals surface area contributed by atoms with Crippen LogP contribution in [0, 0.1) is 0 Å². The van der Waals surface area contributed by atoms with Gasteiger partial charge in [0.05, 0.1) is 24.7 Å². The molecule has 4 rings (SSSR count). The number of methoxy groups -OCH3 is 1. The van der Waals surface area contributed by atoms with Gasteiger partial charge in [0, 0.05) is 37.3 Å². The largest absolute Gasteiger partial charge is 0.497 e. The summed E-state index contributed by atoms with van der Waals surface area (Å²) in [6.07, 6.45) is 6.95. The first-order valence-corrected chi connectivity index (χ1v) is 12.5. The summed E-state index contributed by atoms with van der Waals surface area (Å²) >= 11 is 1.67. The highest BCUT2D eigenvalue weighted by molar-refractivity contribution is 7.98. The Morgan fingerprint density at radius 3 is 2.91 bits per heavy atom. The number of piperidine rings is 1. The lowest BCUT2D eigenvalue weighted by molar-refractivity contribution is -0.135. The molecule has 3 heterocycles. The molecule has 1 aromatic carbocycles. The first-order valence-electron chi connectivity index (χ1n) is 11.1. The van der Waals surface area contributed by atoms with Crippen LogP contribution in [0.3, 0.4) is 0 Å². The van der Waals surface area contributed by atoms with Gasteiger partial charge in [0.15, 0.2) is 0 Å². The minimum absolute atomic E-state index is 0.0109. The molecule has 0 radical (unpaired) electrons. The Morgan fingerprint density at radius 2 is 2.16 bits per heavy atom. The van der Waals surface area contributed by atoms with E-state index in [2.05, 4.69) is 20.6 Å². The third-order valence-corrected chi connectivity index (χ3v) is 7.13. The van der Waals surface area contributed by atoms with E-state index in [0.29, 0.717) is 30.8 Å². The van der Waals surface area contributed by atoms with Gasteiger partial charge in [0.25, 0.3) is 5.91 Å². The van der Waals surface area contributed by atoms with Crippen molar-refractivity contribution in [2.75, 3.05) is 38.8 Å². The number of carbonyl (C=O) groups is 2. The molecule has 2 amide bonds. The molecule has 172 valence electrons. The van der Waals surface area contributed by atoms with Gasteiger partial charge in [-0.05, 0) is 49.5 Å². The molecule has 2 aliphatic rings. The molecule has 1 saturated heterocycles. The van der Waals surface area contributed by atoms with Crippen molar-refractivity contribution in [1.82, 2.24) is 25.5 Å². The number of hydrogen-bond acceptors (Lipinski definition) is 6. The number of amides is 2.